The Bertz CT molecular complexity index is 564. The Morgan fingerprint density at radius 1 is 1.12 bits per heavy atom. The number of amides is 1. The molecule has 130 valence electrons. The van der Waals surface area contributed by atoms with Gasteiger partial charge in [-0.3, -0.25) is 9.59 Å². The second-order valence-electron chi connectivity index (χ2n) is 6.91. The van der Waals surface area contributed by atoms with Crippen LogP contribution in [0.4, 0.5) is 0 Å². The molecule has 2 fully saturated rings. The molecule has 0 radical (unpaired) electrons. The molecule has 1 amide bonds. The lowest BCUT2D eigenvalue weighted by Crippen LogP contribution is -2.32. The van der Waals surface area contributed by atoms with Crippen LogP contribution in [0.3, 0.4) is 0 Å². The maximum Gasteiger partial charge on any atom is 0.303 e. The summed E-state index contributed by atoms with van der Waals surface area (Å²) in [6.07, 6.45) is 5.46. The van der Waals surface area contributed by atoms with Crippen molar-refractivity contribution in [3.05, 3.63) is 29.8 Å². The first-order valence-electron chi connectivity index (χ1n) is 8.85. The van der Waals surface area contributed by atoms with Crippen molar-refractivity contribution in [1.82, 2.24) is 5.32 Å². The fourth-order valence-electron chi connectivity index (χ4n) is 3.15. The highest BCUT2D eigenvalue weighted by molar-refractivity contribution is 5.80. The van der Waals surface area contributed by atoms with Gasteiger partial charge in [-0.15, -0.1) is 0 Å². The molecule has 0 spiro atoms. The third-order valence-electron chi connectivity index (χ3n) is 4.76. The molecule has 2 aliphatic carbocycles. The van der Waals surface area contributed by atoms with Crippen LogP contribution in [0.25, 0.3) is 0 Å². The summed E-state index contributed by atoms with van der Waals surface area (Å²) in [5, 5.41) is 11.7. The number of hydrogen-bond donors (Lipinski definition) is 2. The average molecular weight is 331 g/mol. The van der Waals surface area contributed by atoms with Crippen LogP contribution in [-0.2, 0) is 16.1 Å². The predicted molar refractivity (Wildman–Crippen MR) is 89.6 cm³/mol. The smallest absolute Gasteiger partial charge is 0.303 e. The standard InChI is InChI=1S/C19H25NO4/c21-17(22)2-1-11-24-16-9-3-13(4-10-16)12-20-19(23)18(14-5-6-14)15-7-8-15/h3-4,9-10,14-15,18H,1-2,5-8,11-12H2,(H,20,23)(H,21,22). The van der Waals surface area contributed by atoms with Gasteiger partial charge in [-0.1, -0.05) is 12.1 Å². The highest BCUT2D eigenvalue weighted by atomic mass is 16.5. The van der Waals surface area contributed by atoms with E-state index in [4.69, 9.17) is 9.84 Å². The molecule has 0 saturated heterocycles. The molecule has 0 heterocycles. The molecule has 0 unspecified atom stereocenters. The number of ether oxygens (including phenoxy) is 1. The van der Waals surface area contributed by atoms with Gasteiger partial charge in [0.15, 0.2) is 0 Å². The largest absolute Gasteiger partial charge is 0.494 e. The summed E-state index contributed by atoms with van der Waals surface area (Å²) in [7, 11) is 0. The fraction of sp³-hybridized carbons (Fsp3) is 0.579. The third kappa shape index (κ3) is 4.98. The molecule has 5 nitrogen and oxygen atoms in total. The van der Waals surface area contributed by atoms with E-state index in [2.05, 4.69) is 5.32 Å². The van der Waals surface area contributed by atoms with Crippen molar-refractivity contribution in [2.45, 2.75) is 45.1 Å². The molecule has 1 aromatic carbocycles. The number of hydrogen-bond acceptors (Lipinski definition) is 3. The number of rotatable bonds is 10. The van der Waals surface area contributed by atoms with E-state index in [1.54, 1.807) is 0 Å². The van der Waals surface area contributed by atoms with Gasteiger partial charge in [0.25, 0.3) is 0 Å². The summed E-state index contributed by atoms with van der Waals surface area (Å²) < 4.78 is 5.50. The number of carbonyl (C=O) groups excluding carboxylic acids is 1. The Morgan fingerprint density at radius 3 is 2.29 bits per heavy atom. The zero-order chi connectivity index (χ0) is 16.9. The lowest BCUT2D eigenvalue weighted by molar-refractivity contribution is -0.137. The highest BCUT2D eigenvalue weighted by Gasteiger charge is 2.45. The first-order chi connectivity index (χ1) is 11.6. The molecule has 2 N–H and O–H groups in total. The van der Waals surface area contributed by atoms with Crippen molar-refractivity contribution < 1.29 is 19.4 Å². The minimum atomic E-state index is -0.805. The number of carboxylic acids is 1. The van der Waals surface area contributed by atoms with Gasteiger partial charge < -0.3 is 15.2 Å². The molecule has 0 aliphatic heterocycles. The fourth-order valence-corrected chi connectivity index (χ4v) is 3.15. The van der Waals surface area contributed by atoms with E-state index in [9.17, 15) is 9.59 Å². The Balaban J connectivity index is 1.40. The van der Waals surface area contributed by atoms with Gasteiger partial charge in [0.05, 0.1) is 6.61 Å². The van der Waals surface area contributed by atoms with Crippen molar-refractivity contribution in [2.24, 2.45) is 17.8 Å². The van der Waals surface area contributed by atoms with Gasteiger partial charge in [0.1, 0.15) is 5.75 Å². The summed E-state index contributed by atoms with van der Waals surface area (Å²) >= 11 is 0. The van der Waals surface area contributed by atoms with Crippen molar-refractivity contribution in [1.29, 1.82) is 0 Å². The molecule has 2 saturated carbocycles. The molecular formula is C19H25NO4. The molecular weight excluding hydrogens is 306 g/mol. The maximum atomic E-state index is 12.4. The van der Waals surface area contributed by atoms with E-state index in [1.165, 1.54) is 25.7 Å². The Kier molecular flexibility index (Phi) is 5.38. The minimum absolute atomic E-state index is 0.118. The lowest BCUT2D eigenvalue weighted by atomic mass is 9.97. The van der Waals surface area contributed by atoms with Crippen molar-refractivity contribution in [3.63, 3.8) is 0 Å². The summed E-state index contributed by atoms with van der Waals surface area (Å²) in [6.45, 7) is 0.945. The molecule has 0 bridgehead atoms. The van der Waals surface area contributed by atoms with Crippen LogP contribution in [0.1, 0.15) is 44.1 Å². The van der Waals surface area contributed by atoms with Crippen molar-refractivity contribution in [2.75, 3.05) is 6.61 Å². The molecule has 3 rings (SSSR count). The van der Waals surface area contributed by atoms with Gasteiger partial charge in [-0.2, -0.15) is 0 Å². The van der Waals surface area contributed by atoms with E-state index in [0.717, 1.165) is 11.3 Å². The Morgan fingerprint density at radius 2 is 1.75 bits per heavy atom. The molecule has 2 aliphatic rings. The third-order valence-corrected chi connectivity index (χ3v) is 4.76. The zero-order valence-corrected chi connectivity index (χ0v) is 13.9. The van der Waals surface area contributed by atoms with Gasteiger partial charge in [-0.05, 0) is 61.6 Å². The van der Waals surface area contributed by atoms with E-state index in [0.29, 0.717) is 31.4 Å². The predicted octanol–water partition coefficient (Wildman–Crippen LogP) is 2.98. The lowest BCUT2D eigenvalue weighted by Gasteiger charge is -2.15. The number of carboxylic acid groups (broad SMARTS) is 1. The van der Waals surface area contributed by atoms with Gasteiger partial charge in [0, 0.05) is 18.9 Å². The van der Waals surface area contributed by atoms with Crippen molar-refractivity contribution in [3.8, 4) is 5.75 Å². The van der Waals surface area contributed by atoms with Crippen molar-refractivity contribution >= 4 is 11.9 Å². The molecule has 24 heavy (non-hydrogen) atoms. The van der Waals surface area contributed by atoms with E-state index in [-0.39, 0.29) is 18.2 Å². The molecule has 5 heteroatoms. The molecule has 0 atom stereocenters. The molecule has 0 aromatic heterocycles. The van der Waals surface area contributed by atoms with Crippen LogP contribution in [0, 0.1) is 17.8 Å². The topological polar surface area (TPSA) is 75.6 Å². The van der Waals surface area contributed by atoms with Gasteiger partial charge in [-0.25, -0.2) is 0 Å². The number of aliphatic carboxylic acids is 1. The quantitative estimate of drug-likeness (QED) is 0.646. The van der Waals surface area contributed by atoms with Gasteiger partial charge >= 0.3 is 5.97 Å². The Hall–Kier alpha value is -2.04. The first-order valence-corrected chi connectivity index (χ1v) is 8.85. The second kappa shape index (κ2) is 7.69. The van der Waals surface area contributed by atoms with Crippen LogP contribution >= 0.6 is 0 Å². The summed E-state index contributed by atoms with van der Waals surface area (Å²) in [5.74, 6) is 1.62. The Labute approximate surface area is 142 Å². The minimum Gasteiger partial charge on any atom is -0.494 e. The SMILES string of the molecule is O=C(O)CCCOc1ccc(CNC(=O)C(C2CC2)C2CC2)cc1. The van der Waals surface area contributed by atoms with Crippen LogP contribution in [0.15, 0.2) is 24.3 Å². The van der Waals surface area contributed by atoms with Crippen LogP contribution in [0.2, 0.25) is 0 Å². The highest BCUT2D eigenvalue weighted by Crippen LogP contribution is 2.49. The zero-order valence-electron chi connectivity index (χ0n) is 13.9. The maximum absolute atomic E-state index is 12.4. The van der Waals surface area contributed by atoms with Gasteiger partial charge in [0.2, 0.25) is 5.91 Å². The average Bonchev–Trinajstić information content (AvgIpc) is 3.45. The normalized spacial score (nSPS) is 16.9. The summed E-state index contributed by atoms with van der Waals surface area (Å²) in [5.41, 5.74) is 1.05. The first kappa shape index (κ1) is 16.8. The number of nitrogens with one attached hydrogen (secondary N) is 1. The second-order valence-corrected chi connectivity index (χ2v) is 6.91. The van der Waals surface area contributed by atoms with E-state index in [1.807, 2.05) is 24.3 Å². The van der Waals surface area contributed by atoms with E-state index < -0.39 is 5.97 Å². The van der Waals surface area contributed by atoms with E-state index >= 15 is 0 Å². The van der Waals surface area contributed by atoms with Crippen LogP contribution < -0.4 is 10.1 Å². The number of carbonyl (C=O) groups is 2. The molecule has 1 aromatic rings. The summed E-state index contributed by atoms with van der Waals surface area (Å²) in [6, 6.07) is 7.61. The number of benzene rings is 1. The van der Waals surface area contributed by atoms with Crippen LogP contribution in [0.5, 0.6) is 5.75 Å². The monoisotopic (exact) mass is 331 g/mol. The summed E-state index contributed by atoms with van der Waals surface area (Å²) in [4.78, 5) is 22.8. The van der Waals surface area contributed by atoms with Crippen LogP contribution in [-0.4, -0.2) is 23.6 Å².